The molecule has 0 aliphatic rings. The van der Waals surface area contributed by atoms with Crippen LogP contribution in [-0.4, -0.2) is 22.0 Å². The molecule has 3 aromatic rings. The molecular weight excluding hydrogens is 328 g/mol. The minimum absolute atomic E-state index is 0.154. The van der Waals surface area contributed by atoms with Crippen molar-refractivity contribution in [2.45, 2.75) is 33.1 Å². The third-order valence-electron chi connectivity index (χ3n) is 4.65. The number of fused-ring (bicyclic) bond motifs is 1. The average molecular weight is 350 g/mol. The molecule has 1 atom stereocenters. The third kappa shape index (κ3) is 3.33. The summed E-state index contributed by atoms with van der Waals surface area (Å²) >= 11 is 0. The van der Waals surface area contributed by atoms with Gasteiger partial charge in [0.15, 0.2) is 0 Å². The second-order valence-corrected chi connectivity index (χ2v) is 6.58. The van der Waals surface area contributed by atoms with Gasteiger partial charge in [0.2, 0.25) is 5.91 Å². The van der Waals surface area contributed by atoms with Gasteiger partial charge in [-0.05, 0) is 42.7 Å². The molecule has 2 aromatic carbocycles. The number of benzene rings is 2. The van der Waals surface area contributed by atoms with Crippen molar-refractivity contribution >= 4 is 28.5 Å². The molecule has 0 radical (unpaired) electrons. The molecule has 0 aliphatic carbocycles. The second kappa shape index (κ2) is 7.04. The fourth-order valence-electron chi connectivity index (χ4n) is 3.47. The van der Waals surface area contributed by atoms with Gasteiger partial charge in [-0.2, -0.15) is 0 Å². The highest BCUT2D eigenvalue weighted by atomic mass is 16.4. The van der Waals surface area contributed by atoms with Gasteiger partial charge in [-0.3, -0.25) is 9.59 Å². The fourth-order valence-corrected chi connectivity index (χ4v) is 3.47. The van der Waals surface area contributed by atoms with Crippen LogP contribution in [0.3, 0.4) is 0 Å². The predicted octanol–water partition coefficient (Wildman–Crippen LogP) is 4.21. The third-order valence-corrected chi connectivity index (χ3v) is 4.65. The maximum atomic E-state index is 11.7. The molecule has 1 heterocycles. The molecule has 1 aromatic heterocycles. The molecule has 0 spiro atoms. The van der Waals surface area contributed by atoms with Crippen molar-refractivity contribution < 1.29 is 14.7 Å². The topological polar surface area (TPSA) is 82.2 Å². The number of rotatable bonds is 5. The van der Waals surface area contributed by atoms with Crippen LogP contribution in [0.25, 0.3) is 10.9 Å². The molecule has 0 fully saturated rings. The van der Waals surface area contributed by atoms with Crippen LogP contribution in [0.15, 0.2) is 42.5 Å². The lowest BCUT2D eigenvalue weighted by atomic mass is 9.91. The Balaban J connectivity index is 2.27. The zero-order valence-electron chi connectivity index (χ0n) is 15.1. The molecular formula is C21H22N2O3. The molecule has 1 unspecified atom stereocenters. The summed E-state index contributed by atoms with van der Waals surface area (Å²) in [4.78, 5) is 26.6. The first kappa shape index (κ1) is 17.7. The van der Waals surface area contributed by atoms with Gasteiger partial charge in [0.25, 0.3) is 0 Å². The number of aryl methyl sites for hydroxylation is 1. The van der Waals surface area contributed by atoms with Gasteiger partial charge in [0.05, 0.1) is 5.92 Å². The van der Waals surface area contributed by atoms with E-state index in [9.17, 15) is 14.7 Å². The first-order valence-electron chi connectivity index (χ1n) is 8.57. The Morgan fingerprint density at radius 3 is 2.46 bits per heavy atom. The number of nitrogens with one attached hydrogen (secondary N) is 2. The Hall–Kier alpha value is -3.08. The Bertz CT molecular complexity index is 974. The fraction of sp³-hybridized carbons (Fsp3) is 0.238. The van der Waals surface area contributed by atoms with Gasteiger partial charge in [-0.15, -0.1) is 0 Å². The van der Waals surface area contributed by atoms with E-state index >= 15 is 0 Å². The number of carbonyl (C=O) groups excluding carboxylic acids is 1. The van der Waals surface area contributed by atoms with Crippen molar-refractivity contribution in [1.82, 2.24) is 4.98 Å². The number of aliphatic carboxylic acids is 1. The van der Waals surface area contributed by atoms with E-state index in [1.165, 1.54) is 6.92 Å². The highest BCUT2D eigenvalue weighted by molar-refractivity contribution is 5.99. The smallest absolute Gasteiger partial charge is 0.310 e. The molecule has 3 rings (SSSR count). The summed E-state index contributed by atoms with van der Waals surface area (Å²) in [6.07, 6.45) is 0.602. The zero-order chi connectivity index (χ0) is 18.8. The molecule has 0 saturated carbocycles. The molecule has 5 nitrogen and oxygen atoms in total. The molecule has 0 saturated heterocycles. The van der Waals surface area contributed by atoms with Crippen LogP contribution >= 0.6 is 0 Å². The van der Waals surface area contributed by atoms with Crippen molar-refractivity contribution in [3.8, 4) is 0 Å². The quantitative estimate of drug-likeness (QED) is 0.644. The van der Waals surface area contributed by atoms with E-state index in [1.54, 1.807) is 6.92 Å². The maximum Gasteiger partial charge on any atom is 0.310 e. The first-order valence-corrected chi connectivity index (χ1v) is 8.57. The van der Waals surface area contributed by atoms with Crippen LogP contribution in [0, 0.1) is 6.92 Å². The summed E-state index contributed by atoms with van der Waals surface area (Å²) in [6, 6.07) is 13.7. The van der Waals surface area contributed by atoms with Crippen LogP contribution in [0.1, 0.15) is 42.1 Å². The molecule has 134 valence electrons. The van der Waals surface area contributed by atoms with Crippen molar-refractivity contribution in [2.24, 2.45) is 0 Å². The Kier molecular flexibility index (Phi) is 4.80. The summed E-state index contributed by atoms with van der Waals surface area (Å²) in [6.45, 7) is 5.05. The van der Waals surface area contributed by atoms with Crippen molar-refractivity contribution in [3.05, 3.63) is 64.8 Å². The lowest BCUT2D eigenvalue weighted by Gasteiger charge is -2.15. The lowest BCUT2D eigenvalue weighted by Crippen LogP contribution is -2.11. The van der Waals surface area contributed by atoms with Gasteiger partial charge in [0.1, 0.15) is 0 Å². The van der Waals surface area contributed by atoms with Gasteiger partial charge in [-0.1, -0.05) is 30.3 Å². The Morgan fingerprint density at radius 1 is 1.15 bits per heavy atom. The van der Waals surface area contributed by atoms with E-state index in [0.29, 0.717) is 12.1 Å². The van der Waals surface area contributed by atoms with Crippen molar-refractivity contribution in [1.29, 1.82) is 0 Å². The standard InChI is InChI=1S/C21H22N2O3/c1-12(21(25)26)19-13(2)22-18-10-9-17(23-14(3)24)16(20(18)19)11-15-7-5-4-6-8-15/h4-10,12,22H,11H2,1-3H3,(H,23,24)(H,25,26). The molecule has 0 aliphatic heterocycles. The van der Waals surface area contributed by atoms with Crippen LogP contribution in [0.5, 0.6) is 0 Å². The molecule has 5 heteroatoms. The Labute approximate surface area is 152 Å². The zero-order valence-corrected chi connectivity index (χ0v) is 15.1. The van der Waals surface area contributed by atoms with Crippen LogP contribution in [0.2, 0.25) is 0 Å². The first-order chi connectivity index (χ1) is 12.4. The summed E-state index contributed by atoms with van der Waals surface area (Å²) in [5, 5.41) is 13.3. The highest BCUT2D eigenvalue weighted by Crippen LogP contribution is 2.36. The summed E-state index contributed by atoms with van der Waals surface area (Å²) < 4.78 is 0. The largest absolute Gasteiger partial charge is 0.481 e. The number of aromatic nitrogens is 1. The highest BCUT2D eigenvalue weighted by Gasteiger charge is 2.24. The summed E-state index contributed by atoms with van der Waals surface area (Å²) in [5.41, 5.74) is 5.22. The average Bonchev–Trinajstić information content (AvgIpc) is 2.93. The summed E-state index contributed by atoms with van der Waals surface area (Å²) in [5.74, 6) is -1.67. The van der Waals surface area contributed by atoms with E-state index in [2.05, 4.69) is 10.3 Å². The van der Waals surface area contributed by atoms with Gasteiger partial charge >= 0.3 is 5.97 Å². The van der Waals surface area contributed by atoms with Gasteiger partial charge in [0, 0.05) is 35.6 Å². The normalized spacial score (nSPS) is 12.1. The number of carboxylic acid groups (broad SMARTS) is 1. The van der Waals surface area contributed by atoms with Crippen LogP contribution < -0.4 is 5.32 Å². The molecule has 1 amide bonds. The second-order valence-electron chi connectivity index (χ2n) is 6.58. The van der Waals surface area contributed by atoms with E-state index in [0.717, 1.165) is 33.3 Å². The van der Waals surface area contributed by atoms with E-state index < -0.39 is 11.9 Å². The van der Waals surface area contributed by atoms with E-state index in [1.807, 2.05) is 49.4 Å². The molecule has 3 N–H and O–H groups in total. The predicted molar refractivity (Wildman–Crippen MR) is 103 cm³/mol. The minimum atomic E-state index is -0.871. The van der Waals surface area contributed by atoms with Crippen LogP contribution in [-0.2, 0) is 16.0 Å². The number of H-pyrrole nitrogens is 1. The van der Waals surface area contributed by atoms with Crippen molar-refractivity contribution in [2.75, 3.05) is 5.32 Å². The van der Waals surface area contributed by atoms with Crippen molar-refractivity contribution in [3.63, 3.8) is 0 Å². The van der Waals surface area contributed by atoms with E-state index in [4.69, 9.17) is 0 Å². The number of hydrogen-bond acceptors (Lipinski definition) is 2. The molecule has 0 bridgehead atoms. The number of carbonyl (C=O) groups is 2. The lowest BCUT2D eigenvalue weighted by molar-refractivity contribution is -0.138. The van der Waals surface area contributed by atoms with Gasteiger partial charge in [-0.25, -0.2) is 0 Å². The minimum Gasteiger partial charge on any atom is -0.481 e. The summed E-state index contributed by atoms with van der Waals surface area (Å²) in [7, 11) is 0. The molecule has 26 heavy (non-hydrogen) atoms. The number of amides is 1. The maximum absolute atomic E-state index is 11.7. The van der Waals surface area contributed by atoms with Gasteiger partial charge < -0.3 is 15.4 Å². The number of hydrogen-bond donors (Lipinski definition) is 3. The SMILES string of the molecule is CC(=O)Nc1ccc2[nH]c(C)c(C(C)C(=O)O)c2c1Cc1ccccc1. The number of anilines is 1. The Morgan fingerprint density at radius 2 is 1.85 bits per heavy atom. The monoisotopic (exact) mass is 350 g/mol. The number of carboxylic acids is 1. The van der Waals surface area contributed by atoms with E-state index in [-0.39, 0.29) is 5.91 Å². The number of aromatic amines is 1. The van der Waals surface area contributed by atoms with Crippen LogP contribution in [0.4, 0.5) is 5.69 Å².